The summed E-state index contributed by atoms with van der Waals surface area (Å²) in [6.07, 6.45) is 0. The fourth-order valence-electron chi connectivity index (χ4n) is 1.00. The number of nitrogens with one attached hydrogen (secondary N) is 2. The van der Waals surface area contributed by atoms with Crippen LogP contribution in [0.1, 0.15) is 0 Å². The molecule has 86 valence electrons. The Hall–Kier alpha value is -1.15. The molecule has 0 aliphatic carbocycles. The van der Waals surface area contributed by atoms with E-state index in [-0.39, 0.29) is 13.2 Å². The minimum atomic E-state index is -0.757. The van der Waals surface area contributed by atoms with Crippen LogP contribution in [0.5, 0.6) is 0 Å². The van der Waals surface area contributed by atoms with Crippen LogP contribution in [0.15, 0.2) is 24.3 Å². The molecule has 16 heavy (non-hydrogen) atoms. The first kappa shape index (κ1) is 12.9. The summed E-state index contributed by atoms with van der Waals surface area (Å²) in [5, 5.41) is 13.2. The molecule has 0 fully saturated rings. The van der Waals surface area contributed by atoms with Gasteiger partial charge in [-0.25, -0.2) is 0 Å². The van der Waals surface area contributed by atoms with Crippen LogP contribution in [0.2, 0.25) is 0 Å². The normalized spacial score (nSPS) is 9.62. The fourth-order valence-corrected chi connectivity index (χ4v) is 1.55. The van der Waals surface area contributed by atoms with E-state index < -0.39 is 11.8 Å². The molecule has 0 bridgehead atoms. The van der Waals surface area contributed by atoms with Gasteiger partial charge in [-0.05, 0) is 40.8 Å². The number of benzene rings is 1. The number of rotatable bonds is 3. The highest BCUT2D eigenvalue weighted by Crippen LogP contribution is 2.11. The van der Waals surface area contributed by atoms with Gasteiger partial charge in [-0.2, -0.15) is 0 Å². The summed E-state index contributed by atoms with van der Waals surface area (Å²) in [4.78, 5) is 22.5. The van der Waals surface area contributed by atoms with E-state index in [0.717, 1.165) is 3.57 Å². The van der Waals surface area contributed by atoms with Crippen molar-refractivity contribution in [2.75, 3.05) is 18.5 Å². The maximum atomic E-state index is 11.3. The molecule has 0 aliphatic rings. The Kier molecular flexibility index (Phi) is 5.20. The van der Waals surface area contributed by atoms with Crippen molar-refractivity contribution >= 4 is 40.1 Å². The van der Waals surface area contributed by atoms with Gasteiger partial charge in [0.1, 0.15) is 0 Å². The molecule has 0 aliphatic heterocycles. The molecule has 0 saturated heterocycles. The average molecular weight is 334 g/mol. The van der Waals surface area contributed by atoms with Gasteiger partial charge in [0, 0.05) is 15.8 Å². The van der Waals surface area contributed by atoms with E-state index in [1.807, 2.05) is 6.07 Å². The van der Waals surface area contributed by atoms with E-state index in [9.17, 15) is 9.59 Å². The minimum Gasteiger partial charge on any atom is -0.395 e. The van der Waals surface area contributed by atoms with Gasteiger partial charge in [-0.15, -0.1) is 0 Å². The molecule has 0 atom stereocenters. The smallest absolute Gasteiger partial charge is 0.313 e. The molecule has 0 saturated carbocycles. The number of aliphatic hydroxyl groups excluding tert-OH is 1. The van der Waals surface area contributed by atoms with Crippen molar-refractivity contribution in [3.8, 4) is 0 Å². The Morgan fingerprint density at radius 3 is 2.69 bits per heavy atom. The number of anilines is 1. The van der Waals surface area contributed by atoms with Gasteiger partial charge in [0.2, 0.25) is 0 Å². The Morgan fingerprint density at radius 2 is 2.06 bits per heavy atom. The number of aliphatic hydroxyl groups is 1. The molecule has 0 heterocycles. The van der Waals surface area contributed by atoms with Crippen molar-refractivity contribution in [3.63, 3.8) is 0 Å². The number of carbonyl (C=O) groups is 2. The fraction of sp³-hybridized carbons (Fsp3) is 0.200. The number of carbonyl (C=O) groups excluding carboxylic acids is 2. The van der Waals surface area contributed by atoms with Crippen molar-refractivity contribution in [1.29, 1.82) is 0 Å². The average Bonchev–Trinajstić information content (AvgIpc) is 2.25. The summed E-state index contributed by atoms with van der Waals surface area (Å²) in [5.41, 5.74) is 0.566. The van der Waals surface area contributed by atoms with Gasteiger partial charge in [-0.3, -0.25) is 9.59 Å². The van der Waals surface area contributed by atoms with E-state index in [1.54, 1.807) is 18.2 Å². The lowest BCUT2D eigenvalue weighted by atomic mass is 10.3. The third-order valence-corrected chi connectivity index (χ3v) is 2.36. The Labute approximate surface area is 106 Å². The van der Waals surface area contributed by atoms with Gasteiger partial charge in [0.25, 0.3) is 0 Å². The molecule has 0 aromatic heterocycles. The molecule has 5 nitrogen and oxygen atoms in total. The minimum absolute atomic E-state index is 0.0680. The first-order chi connectivity index (χ1) is 7.63. The summed E-state index contributed by atoms with van der Waals surface area (Å²) in [6, 6.07) is 7.10. The topological polar surface area (TPSA) is 78.4 Å². The second-order valence-corrected chi connectivity index (χ2v) is 4.19. The van der Waals surface area contributed by atoms with Gasteiger partial charge < -0.3 is 15.7 Å². The van der Waals surface area contributed by atoms with E-state index in [1.165, 1.54) is 0 Å². The maximum absolute atomic E-state index is 11.3. The monoisotopic (exact) mass is 334 g/mol. The highest BCUT2D eigenvalue weighted by atomic mass is 127. The predicted octanol–water partition coefficient (Wildman–Crippen LogP) is 0.338. The lowest BCUT2D eigenvalue weighted by molar-refractivity contribution is -0.136. The summed E-state index contributed by atoms with van der Waals surface area (Å²) in [5.74, 6) is -1.50. The van der Waals surface area contributed by atoms with Crippen LogP contribution in [0, 0.1) is 3.57 Å². The summed E-state index contributed by atoms with van der Waals surface area (Å²) < 4.78 is 0.964. The number of hydrogen-bond donors (Lipinski definition) is 3. The molecule has 0 spiro atoms. The third kappa shape index (κ3) is 4.15. The molecule has 0 radical (unpaired) electrons. The van der Waals surface area contributed by atoms with Gasteiger partial charge >= 0.3 is 11.8 Å². The predicted molar refractivity (Wildman–Crippen MR) is 67.9 cm³/mol. The highest BCUT2D eigenvalue weighted by molar-refractivity contribution is 14.1. The molecule has 1 aromatic carbocycles. The Morgan fingerprint density at radius 1 is 1.31 bits per heavy atom. The van der Waals surface area contributed by atoms with Gasteiger partial charge in [0.05, 0.1) is 6.61 Å². The first-order valence-electron chi connectivity index (χ1n) is 4.59. The number of halogens is 1. The zero-order valence-corrected chi connectivity index (χ0v) is 10.5. The van der Waals surface area contributed by atoms with Crippen LogP contribution in [-0.2, 0) is 9.59 Å². The molecule has 3 N–H and O–H groups in total. The molecule has 2 amide bonds. The number of amides is 2. The summed E-state index contributed by atoms with van der Waals surface area (Å²) >= 11 is 2.11. The van der Waals surface area contributed by atoms with E-state index in [0.29, 0.717) is 5.69 Å². The summed E-state index contributed by atoms with van der Waals surface area (Å²) in [6.45, 7) is -0.124. The second kappa shape index (κ2) is 6.44. The van der Waals surface area contributed by atoms with Crippen LogP contribution in [0.25, 0.3) is 0 Å². The molecule has 6 heteroatoms. The Balaban J connectivity index is 2.54. The quantitative estimate of drug-likeness (QED) is 0.551. The van der Waals surface area contributed by atoms with Crippen molar-refractivity contribution in [3.05, 3.63) is 27.8 Å². The standard InChI is InChI=1S/C10H11IN2O3/c11-7-2-1-3-8(6-7)13-10(16)9(15)12-4-5-14/h1-3,6,14H,4-5H2,(H,12,15)(H,13,16). The highest BCUT2D eigenvalue weighted by Gasteiger charge is 2.12. The first-order valence-corrected chi connectivity index (χ1v) is 5.67. The lowest BCUT2D eigenvalue weighted by Crippen LogP contribution is -2.36. The molecule has 1 rings (SSSR count). The van der Waals surface area contributed by atoms with Crippen molar-refractivity contribution in [2.24, 2.45) is 0 Å². The van der Waals surface area contributed by atoms with E-state index in [4.69, 9.17) is 5.11 Å². The van der Waals surface area contributed by atoms with Crippen LogP contribution in [-0.4, -0.2) is 30.1 Å². The molecular formula is C10H11IN2O3. The largest absolute Gasteiger partial charge is 0.395 e. The second-order valence-electron chi connectivity index (χ2n) is 2.94. The zero-order valence-electron chi connectivity index (χ0n) is 8.37. The maximum Gasteiger partial charge on any atom is 0.313 e. The van der Waals surface area contributed by atoms with Crippen LogP contribution >= 0.6 is 22.6 Å². The lowest BCUT2D eigenvalue weighted by Gasteiger charge is -2.05. The van der Waals surface area contributed by atoms with Gasteiger partial charge in [-0.1, -0.05) is 6.07 Å². The van der Waals surface area contributed by atoms with Crippen LogP contribution in [0.3, 0.4) is 0 Å². The zero-order chi connectivity index (χ0) is 12.0. The molecule has 1 aromatic rings. The van der Waals surface area contributed by atoms with Crippen LogP contribution < -0.4 is 10.6 Å². The SMILES string of the molecule is O=C(NCCO)C(=O)Nc1cccc(I)c1. The van der Waals surface area contributed by atoms with E-state index >= 15 is 0 Å². The third-order valence-electron chi connectivity index (χ3n) is 1.69. The van der Waals surface area contributed by atoms with Crippen molar-refractivity contribution in [1.82, 2.24) is 5.32 Å². The van der Waals surface area contributed by atoms with Crippen LogP contribution in [0.4, 0.5) is 5.69 Å². The van der Waals surface area contributed by atoms with Crippen molar-refractivity contribution in [2.45, 2.75) is 0 Å². The molecular weight excluding hydrogens is 323 g/mol. The number of hydrogen-bond acceptors (Lipinski definition) is 3. The Bertz CT molecular complexity index is 395. The summed E-state index contributed by atoms with van der Waals surface area (Å²) in [7, 11) is 0. The molecule has 0 unspecified atom stereocenters. The van der Waals surface area contributed by atoms with Gasteiger partial charge in [0.15, 0.2) is 0 Å². The van der Waals surface area contributed by atoms with Crippen molar-refractivity contribution < 1.29 is 14.7 Å². The van der Waals surface area contributed by atoms with E-state index in [2.05, 4.69) is 33.2 Å².